The zero-order valence-corrected chi connectivity index (χ0v) is 13.4. The second-order valence-corrected chi connectivity index (χ2v) is 6.98. The average molecular weight is 308 g/mol. The Balaban J connectivity index is 1.59. The standard InChI is InChI=1S/C15H24N4OS/c1-2-18-9-6-16-14(15(18)20)19-7-3-12(4-8-19)17-13-5-10-21-11-13/h6,9,12-13,17H,2-5,7-8,10-11H2,1H3. The smallest absolute Gasteiger partial charge is 0.293 e. The Morgan fingerprint density at radius 3 is 2.81 bits per heavy atom. The van der Waals surface area contributed by atoms with Gasteiger partial charge >= 0.3 is 0 Å². The first kappa shape index (κ1) is 14.9. The number of hydrogen-bond acceptors (Lipinski definition) is 5. The number of rotatable bonds is 4. The van der Waals surface area contributed by atoms with Crippen molar-refractivity contribution in [2.24, 2.45) is 0 Å². The summed E-state index contributed by atoms with van der Waals surface area (Å²) in [5.41, 5.74) is 0.0404. The molecule has 21 heavy (non-hydrogen) atoms. The summed E-state index contributed by atoms with van der Waals surface area (Å²) >= 11 is 2.05. The van der Waals surface area contributed by atoms with E-state index in [1.165, 1.54) is 17.9 Å². The van der Waals surface area contributed by atoms with E-state index in [9.17, 15) is 4.79 Å². The van der Waals surface area contributed by atoms with Gasteiger partial charge in [0.1, 0.15) is 0 Å². The van der Waals surface area contributed by atoms with Gasteiger partial charge in [-0.15, -0.1) is 0 Å². The van der Waals surface area contributed by atoms with Gasteiger partial charge in [-0.05, 0) is 31.9 Å². The van der Waals surface area contributed by atoms with Crippen molar-refractivity contribution in [3.05, 3.63) is 22.7 Å². The highest BCUT2D eigenvalue weighted by molar-refractivity contribution is 7.99. The Labute approximate surface area is 130 Å². The van der Waals surface area contributed by atoms with Gasteiger partial charge < -0.3 is 14.8 Å². The van der Waals surface area contributed by atoms with Crippen molar-refractivity contribution in [3.8, 4) is 0 Å². The molecule has 0 amide bonds. The molecule has 116 valence electrons. The van der Waals surface area contributed by atoms with Crippen LogP contribution in [-0.2, 0) is 6.54 Å². The van der Waals surface area contributed by atoms with E-state index in [4.69, 9.17) is 0 Å². The third-order valence-electron chi connectivity index (χ3n) is 4.43. The Hall–Kier alpha value is -1.01. The molecule has 1 N–H and O–H groups in total. The molecule has 0 saturated carbocycles. The molecular weight excluding hydrogens is 284 g/mol. The molecule has 0 aliphatic carbocycles. The molecule has 3 heterocycles. The molecule has 2 aliphatic rings. The predicted molar refractivity (Wildman–Crippen MR) is 88.3 cm³/mol. The quantitative estimate of drug-likeness (QED) is 0.909. The highest BCUT2D eigenvalue weighted by atomic mass is 32.2. The van der Waals surface area contributed by atoms with Gasteiger partial charge in [0.25, 0.3) is 5.56 Å². The lowest BCUT2D eigenvalue weighted by Crippen LogP contribution is -2.47. The first-order valence-corrected chi connectivity index (χ1v) is 9.07. The van der Waals surface area contributed by atoms with Crippen molar-refractivity contribution in [1.82, 2.24) is 14.9 Å². The molecule has 1 unspecified atom stereocenters. The van der Waals surface area contributed by atoms with Crippen LogP contribution in [-0.4, -0.2) is 46.2 Å². The molecule has 1 aromatic heterocycles. The zero-order chi connectivity index (χ0) is 14.7. The predicted octanol–water partition coefficient (Wildman–Crippen LogP) is 1.33. The maximum absolute atomic E-state index is 12.3. The van der Waals surface area contributed by atoms with Crippen molar-refractivity contribution in [1.29, 1.82) is 0 Å². The molecule has 1 aromatic rings. The summed E-state index contributed by atoms with van der Waals surface area (Å²) < 4.78 is 1.72. The highest BCUT2D eigenvalue weighted by Gasteiger charge is 2.25. The normalized spacial score (nSPS) is 23.7. The number of aryl methyl sites for hydroxylation is 1. The molecule has 2 aliphatic heterocycles. The van der Waals surface area contributed by atoms with Crippen LogP contribution in [0.4, 0.5) is 5.82 Å². The molecule has 2 fully saturated rings. The third kappa shape index (κ3) is 3.43. The molecule has 3 rings (SSSR count). The van der Waals surface area contributed by atoms with Crippen LogP contribution < -0.4 is 15.8 Å². The lowest BCUT2D eigenvalue weighted by Gasteiger charge is -2.34. The molecule has 6 heteroatoms. The summed E-state index contributed by atoms with van der Waals surface area (Å²) in [6.07, 6.45) is 7.00. The summed E-state index contributed by atoms with van der Waals surface area (Å²) in [5, 5.41) is 3.78. The number of thioether (sulfide) groups is 1. The van der Waals surface area contributed by atoms with E-state index in [0.29, 0.717) is 24.4 Å². The van der Waals surface area contributed by atoms with Crippen LogP contribution in [0.2, 0.25) is 0 Å². The van der Waals surface area contributed by atoms with Gasteiger partial charge in [0.05, 0.1) is 0 Å². The topological polar surface area (TPSA) is 50.2 Å². The second-order valence-electron chi connectivity index (χ2n) is 5.83. The first-order chi connectivity index (χ1) is 10.3. The summed E-state index contributed by atoms with van der Waals surface area (Å²) in [7, 11) is 0. The van der Waals surface area contributed by atoms with Gasteiger partial charge in [-0.3, -0.25) is 4.79 Å². The summed E-state index contributed by atoms with van der Waals surface area (Å²) in [4.78, 5) is 18.8. The van der Waals surface area contributed by atoms with Crippen molar-refractivity contribution < 1.29 is 0 Å². The first-order valence-electron chi connectivity index (χ1n) is 7.92. The summed E-state index contributed by atoms with van der Waals surface area (Å²) in [5.74, 6) is 3.16. The third-order valence-corrected chi connectivity index (χ3v) is 5.59. The van der Waals surface area contributed by atoms with E-state index >= 15 is 0 Å². The average Bonchev–Trinajstić information content (AvgIpc) is 3.01. The summed E-state index contributed by atoms with van der Waals surface area (Å²) in [6, 6.07) is 1.29. The minimum atomic E-state index is 0.0404. The van der Waals surface area contributed by atoms with E-state index in [0.717, 1.165) is 25.9 Å². The fourth-order valence-electron chi connectivity index (χ4n) is 3.16. The minimum absolute atomic E-state index is 0.0404. The van der Waals surface area contributed by atoms with Crippen LogP contribution in [0.5, 0.6) is 0 Å². The number of anilines is 1. The van der Waals surface area contributed by atoms with E-state index in [1.54, 1.807) is 17.0 Å². The van der Waals surface area contributed by atoms with E-state index in [1.807, 2.05) is 18.7 Å². The largest absolute Gasteiger partial charge is 0.352 e. The van der Waals surface area contributed by atoms with Gasteiger partial charge in [-0.2, -0.15) is 11.8 Å². The minimum Gasteiger partial charge on any atom is -0.352 e. The Morgan fingerprint density at radius 1 is 1.33 bits per heavy atom. The SMILES string of the molecule is CCn1ccnc(N2CCC(NC3CCSC3)CC2)c1=O. The monoisotopic (exact) mass is 308 g/mol. The van der Waals surface area contributed by atoms with Crippen LogP contribution in [0.15, 0.2) is 17.2 Å². The van der Waals surface area contributed by atoms with Gasteiger partial charge in [0.2, 0.25) is 0 Å². The van der Waals surface area contributed by atoms with Crippen molar-refractivity contribution in [3.63, 3.8) is 0 Å². The van der Waals surface area contributed by atoms with Crippen molar-refractivity contribution >= 4 is 17.6 Å². The zero-order valence-electron chi connectivity index (χ0n) is 12.6. The van der Waals surface area contributed by atoms with E-state index in [2.05, 4.69) is 15.2 Å². The van der Waals surface area contributed by atoms with Gasteiger partial charge in [0, 0.05) is 49.9 Å². The highest BCUT2D eigenvalue weighted by Crippen LogP contribution is 2.20. The Morgan fingerprint density at radius 2 is 2.14 bits per heavy atom. The van der Waals surface area contributed by atoms with Crippen LogP contribution in [0.3, 0.4) is 0 Å². The number of hydrogen-bond donors (Lipinski definition) is 1. The Bertz CT molecular complexity index is 519. The molecule has 0 spiro atoms. The van der Waals surface area contributed by atoms with Crippen molar-refractivity contribution in [2.45, 2.75) is 44.8 Å². The van der Waals surface area contributed by atoms with Gasteiger partial charge in [-0.1, -0.05) is 0 Å². The molecule has 1 atom stereocenters. The molecular formula is C15H24N4OS. The van der Waals surface area contributed by atoms with E-state index in [-0.39, 0.29) is 5.56 Å². The van der Waals surface area contributed by atoms with Crippen LogP contribution in [0.1, 0.15) is 26.2 Å². The maximum Gasteiger partial charge on any atom is 0.293 e. The fraction of sp³-hybridized carbons (Fsp3) is 0.733. The van der Waals surface area contributed by atoms with Crippen LogP contribution in [0, 0.1) is 0 Å². The molecule has 0 aromatic carbocycles. The van der Waals surface area contributed by atoms with E-state index < -0.39 is 0 Å². The van der Waals surface area contributed by atoms with Gasteiger partial charge in [0.15, 0.2) is 5.82 Å². The summed E-state index contributed by atoms with van der Waals surface area (Å²) in [6.45, 7) is 4.54. The Kier molecular flexibility index (Phi) is 4.85. The fourth-order valence-corrected chi connectivity index (χ4v) is 4.32. The van der Waals surface area contributed by atoms with Crippen LogP contribution in [0.25, 0.3) is 0 Å². The lowest BCUT2D eigenvalue weighted by molar-refractivity contribution is 0.377. The molecule has 0 bridgehead atoms. The number of piperidine rings is 1. The second kappa shape index (κ2) is 6.83. The van der Waals surface area contributed by atoms with Crippen molar-refractivity contribution in [2.75, 3.05) is 29.5 Å². The molecule has 5 nitrogen and oxygen atoms in total. The molecule has 2 saturated heterocycles. The lowest BCUT2D eigenvalue weighted by atomic mass is 10.0. The molecule has 0 radical (unpaired) electrons. The number of nitrogens with zero attached hydrogens (tertiary/aromatic N) is 3. The van der Waals surface area contributed by atoms with Crippen LogP contribution >= 0.6 is 11.8 Å². The number of aromatic nitrogens is 2. The number of nitrogens with one attached hydrogen (secondary N) is 1. The van der Waals surface area contributed by atoms with Gasteiger partial charge in [-0.25, -0.2) is 4.98 Å². The maximum atomic E-state index is 12.3.